The van der Waals surface area contributed by atoms with Crippen LogP contribution in [-0.2, 0) is 11.2 Å². The van der Waals surface area contributed by atoms with Crippen molar-refractivity contribution in [3.63, 3.8) is 0 Å². The van der Waals surface area contributed by atoms with Crippen LogP contribution in [-0.4, -0.2) is 41.6 Å². The van der Waals surface area contributed by atoms with Gasteiger partial charge in [-0.1, -0.05) is 0 Å². The van der Waals surface area contributed by atoms with Gasteiger partial charge in [-0.05, 0) is 6.92 Å². The molecular formula is C13H13F6N4O2. The Bertz CT molecular complexity index is 690. The average Bonchev–Trinajstić information content (AvgIpc) is 2.99. The minimum absolute atomic E-state index is 0.0656. The molecule has 0 atom stereocenters. The van der Waals surface area contributed by atoms with E-state index in [2.05, 4.69) is 15.6 Å². The fourth-order valence-corrected chi connectivity index (χ4v) is 2.09. The maximum Gasteiger partial charge on any atom is 0.394 e. The van der Waals surface area contributed by atoms with Gasteiger partial charge in [0.15, 0.2) is 5.70 Å². The highest BCUT2D eigenvalue weighted by molar-refractivity contribution is 6.20. The maximum absolute atomic E-state index is 12.7. The molecule has 6 nitrogen and oxygen atoms in total. The van der Waals surface area contributed by atoms with Crippen LogP contribution in [0.3, 0.4) is 0 Å². The number of hydrogen-bond donors (Lipinski definition) is 0. The van der Waals surface area contributed by atoms with E-state index in [1.807, 2.05) is 0 Å². The topological polar surface area (TPSA) is 62.7 Å². The number of nitrogens with zero attached hydrogens (tertiary/aromatic N) is 4. The number of rotatable bonds is 6. The summed E-state index contributed by atoms with van der Waals surface area (Å²) in [6, 6.07) is 0.980. The number of aromatic nitrogens is 2. The van der Waals surface area contributed by atoms with Crippen molar-refractivity contribution in [1.82, 2.24) is 15.2 Å². The molecule has 0 spiro atoms. The van der Waals surface area contributed by atoms with Gasteiger partial charge in [0.1, 0.15) is 5.71 Å². The van der Waals surface area contributed by atoms with Gasteiger partial charge in [0.2, 0.25) is 5.88 Å². The summed E-state index contributed by atoms with van der Waals surface area (Å²) in [4.78, 5) is 0. The van der Waals surface area contributed by atoms with Gasteiger partial charge in [-0.15, -0.1) is 10.5 Å². The van der Waals surface area contributed by atoms with Crippen molar-refractivity contribution in [2.24, 2.45) is 5.10 Å². The zero-order valence-corrected chi connectivity index (χ0v) is 13.1. The van der Waals surface area contributed by atoms with Crippen LogP contribution in [0.2, 0.25) is 0 Å². The number of hydrogen-bond acceptors (Lipinski definition) is 4. The van der Waals surface area contributed by atoms with Crippen molar-refractivity contribution in [1.29, 1.82) is 0 Å². The molecule has 2 heterocycles. The Morgan fingerprint density at radius 2 is 1.72 bits per heavy atom. The van der Waals surface area contributed by atoms with E-state index in [4.69, 9.17) is 9.47 Å². The summed E-state index contributed by atoms with van der Waals surface area (Å²) in [5, 5.41) is 7.11. The van der Waals surface area contributed by atoms with Crippen LogP contribution in [0.5, 0.6) is 5.88 Å². The van der Waals surface area contributed by atoms with Gasteiger partial charge >= 0.3 is 12.4 Å². The van der Waals surface area contributed by atoms with Crippen LogP contribution in [0.25, 0.3) is 5.70 Å². The Morgan fingerprint density at radius 1 is 1.08 bits per heavy atom. The number of alkyl halides is 6. The molecule has 0 amide bonds. The van der Waals surface area contributed by atoms with Gasteiger partial charge in [-0.3, -0.25) is 0 Å². The van der Waals surface area contributed by atoms with Gasteiger partial charge in [0.25, 0.3) is 5.88 Å². The Morgan fingerprint density at radius 3 is 2.24 bits per heavy atom. The molecule has 1 aliphatic heterocycles. The maximum atomic E-state index is 12.7. The Kier molecular flexibility index (Phi) is 5.18. The number of methoxy groups -OCH3 is 1. The third kappa shape index (κ3) is 4.79. The van der Waals surface area contributed by atoms with E-state index in [9.17, 15) is 26.3 Å². The second-order valence-corrected chi connectivity index (χ2v) is 4.91. The van der Waals surface area contributed by atoms with Crippen LogP contribution in [0.15, 0.2) is 17.1 Å². The minimum Gasteiger partial charge on any atom is -0.481 e. The van der Waals surface area contributed by atoms with Crippen molar-refractivity contribution >= 4 is 11.4 Å². The summed E-state index contributed by atoms with van der Waals surface area (Å²) in [5.74, 6) is -0.472. The van der Waals surface area contributed by atoms with Gasteiger partial charge in [-0.2, -0.15) is 36.1 Å². The standard InChI is InChI=1S/C13H13F6N4O2/c1-3-25-11-10(8(20-21-11)6-13(17,18)19)23-9(24-2)4-7(22-23)5-12(14,15)16/h4H,3,5-6H2,1-2H3. The molecule has 1 aromatic heterocycles. The first-order valence-electron chi connectivity index (χ1n) is 6.96. The first-order valence-corrected chi connectivity index (χ1v) is 6.96. The summed E-state index contributed by atoms with van der Waals surface area (Å²) >= 11 is 0. The fraction of sp³-hybridized carbons (Fsp3) is 0.538. The zero-order chi connectivity index (χ0) is 18.8. The number of ether oxygens (including phenoxy) is 2. The third-order valence-corrected chi connectivity index (χ3v) is 2.92. The highest BCUT2D eigenvalue weighted by Crippen LogP contribution is 2.32. The van der Waals surface area contributed by atoms with Gasteiger partial charge in [-0.25, -0.2) is 0 Å². The van der Waals surface area contributed by atoms with Crippen molar-refractivity contribution in [3.05, 3.63) is 17.6 Å². The van der Waals surface area contributed by atoms with E-state index in [1.54, 1.807) is 6.92 Å². The lowest BCUT2D eigenvalue weighted by Gasteiger charge is -2.12. The quantitative estimate of drug-likeness (QED) is 0.722. The van der Waals surface area contributed by atoms with Crippen molar-refractivity contribution in [2.75, 3.05) is 13.7 Å². The van der Waals surface area contributed by atoms with E-state index in [0.717, 1.165) is 17.9 Å². The molecule has 0 unspecified atom stereocenters. The van der Waals surface area contributed by atoms with Gasteiger partial charge in [0.05, 0.1) is 32.3 Å². The molecule has 0 saturated heterocycles. The highest BCUT2D eigenvalue weighted by atomic mass is 19.4. The summed E-state index contributed by atoms with van der Waals surface area (Å²) in [5.41, 5.74) is 2.26. The smallest absolute Gasteiger partial charge is 0.394 e. The van der Waals surface area contributed by atoms with E-state index in [0.29, 0.717) is 0 Å². The predicted molar refractivity (Wildman–Crippen MR) is 73.6 cm³/mol. The SMILES string of the molecule is CCOC1=C(n2nc(CC(F)(F)F)cc2OC)C(CC(F)(F)F)=N[N]1. The first kappa shape index (κ1) is 18.9. The Hall–Kier alpha value is -2.40. The Balaban J connectivity index is 2.47. The second-order valence-electron chi connectivity index (χ2n) is 4.91. The lowest BCUT2D eigenvalue weighted by Crippen LogP contribution is -2.19. The molecule has 25 heavy (non-hydrogen) atoms. The molecular weight excluding hydrogens is 358 g/mol. The fourth-order valence-electron chi connectivity index (χ4n) is 2.09. The van der Waals surface area contributed by atoms with Crippen LogP contribution in [0.1, 0.15) is 19.0 Å². The molecule has 2 rings (SSSR count). The first-order chi connectivity index (χ1) is 11.5. The molecule has 12 heteroatoms. The molecule has 0 bridgehead atoms. The lowest BCUT2D eigenvalue weighted by molar-refractivity contribution is -0.128. The number of halogens is 6. The summed E-state index contributed by atoms with van der Waals surface area (Å²) < 4.78 is 86.6. The second kappa shape index (κ2) is 6.84. The lowest BCUT2D eigenvalue weighted by atomic mass is 10.2. The van der Waals surface area contributed by atoms with E-state index >= 15 is 0 Å². The molecule has 1 radical (unpaired) electrons. The van der Waals surface area contributed by atoms with E-state index in [1.165, 1.54) is 0 Å². The molecule has 0 aromatic carbocycles. The van der Waals surface area contributed by atoms with Crippen molar-refractivity contribution < 1.29 is 35.8 Å². The monoisotopic (exact) mass is 371 g/mol. The molecule has 0 N–H and O–H groups in total. The van der Waals surface area contributed by atoms with Crippen molar-refractivity contribution in [2.45, 2.75) is 32.1 Å². The normalized spacial score (nSPS) is 15.3. The molecule has 1 aromatic rings. The van der Waals surface area contributed by atoms with Crippen molar-refractivity contribution in [3.8, 4) is 5.88 Å². The summed E-state index contributed by atoms with van der Waals surface area (Å²) in [6.45, 7) is 1.63. The molecule has 0 aliphatic carbocycles. The molecule has 1 aliphatic rings. The van der Waals surface area contributed by atoms with Crippen LogP contribution >= 0.6 is 0 Å². The van der Waals surface area contributed by atoms with Gasteiger partial charge in [0, 0.05) is 6.07 Å². The predicted octanol–water partition coefficient (Wildman–Crippen LogP) is 3.09. The van der Waals surface area contributed by atoms with E-state index in [-0.39, 0.29) is 24.1 Å². The van der Waals surface area contributed by atoms with Crippen LogP contribution in [0, 0.1) is 0 Å². The highest BCUT2D eigenvalue weighted by Gasteiger charge is 2.38. The largest absolute Gasteiger partial charge is 0.481 e. The summed E-state index contributed by atoms with van der Waals surface area (Å²) in [6.07, 6.45) is -11.9. The minimum atomic E-state index is -4.60. The van der Waals surface area contributed by atoms with Crippen LogP contribution in [0.4, 0.5) is 26.3 Å². The molecule has 0 fully saturated rings. The average molecular weight is 371 g/mol. The van der Waals surface area contributed by atoms with E-state index < -0.39 is 36.6 Å². The Labute approximate surface area is 138 Å². The third-order valence-electron chi connectivity index (χ3n) is 2.92. The zero-order valence-electron chi connectivity index (χ0n) is 13.1. The molecule has 139 valence electrons. The molecule has 0 saturated carbocycles. The summed E-state index contributed by atoms with van der Waals surface area (Å²) in [7, 11) is 1.15. The van der Waals surface area contributed by atoms with Gasteiger partial charge < -0.3 is 9.47 Å². The van der Waals surface area contributed by atoms with Crippen LogP contribution < -0.4 is 10.2 Å². The number of allylic oxidation sites excluding steroid dienone is 1.